The molecule has 3 rings (SSSR count). The summed E-state index contributed by atoms with van der Waals surface area (Å²) in [5.41, 5.74) is 2.33. The lowest BCUT2D eigenvalue weighted by atomic mass is 9.96. The molecule has 4 amide bonds. The number of anilines is 1. The summed E-state index contributed by atoms with van der Waals surface area (Å²) in [7, 11) is 0. The third kappa shape index (κ3) is 10.1. The smallest absolute Gasteiger partial charge is 0.319 e. The summed E-state index contributed by atoms with van der Waals surface area (Å²) in [6, 6.07) is 9.43. The normalized spacial score (nSPS) is 16.3. The SMILES string of the molecule is CCOC(=O)CCC1=CC(Cl)=CC(Cl)(NC(=O)CNC(=O)c2cccc(NC(=O)NCc3ccncc3)c2)C1. The van der Waals surface area contributed by atoms with Gasteiger partial charge >= 0.3 is 12.0 Å². The minimum atomic E-state index is -1.30. The number of aromatic nitrogens is 1. The van der Waals surface area contributed by atoms with E-state index in [-0.39, 0.29) is 30.9 Å². The topological polar surface area (TPSA) is 139 Å². The Balaban J connectivity index is 1.48. The predicted molar refractivity (Wildman–Crippen MR) is 148 cm³/mol. The molecular formula is C27H29Cl2N5O5. The Morgan fingerprint density at radius 3 is 2.62 bits per heavy atom. The Morgan fingerprint density at radius 1 is 1.10 bits per heavy atom. The van der Waals surface area contributed by atoms with E-state index in [1.165, 1.54) is 12.1 Å². The zero-order chi connectivity index (χ0) is 28.3. The molecule has 0 spiro atoms. The van der Waals surface area contributed by atoms with Crippen LogP contribution < -0.4 is 21.3 Å². The molecule has 1 aromatic heterocycles. The lowest BCUT2D eigenvalue weighted by molar-refractivity contribution is -0.143. The molecule has 0 fully saturated rings. The van der Waals surface area contributed by atoms with Crippen LogP contribution in [0.5, 0.6) is 0 Å². The molecule has 206 valence electrons. The van der Waals surface area contributed by atoms with Gasteiger partial charge < -0.3 is 26.0 Å². The van der Waals surface area contributed by atoms with Crippen molar-refractivity contribution >= 4 is 52.7 Å². The molecule has 1 heterocycles. The number of amides is 4. The summed E-state index contributed by atoms with van der Waals surface area (Å²) in [6.45, 7) is 2.00. The van der Waals surface area contributed by atoms with Gasteiger partial charge in [-0.05, 0) is 61.4 Å². The number of pyridine rings is 1. The van der Waals surface area contributed by atoms with Crippen LogP contribution in [0.15, 0.2) is 71.5 Å². The zero-order valence-corrected chi connectivity index (χ0v) is 22.8. The van der Waals surface area contributed by atoms with E-state index in [0.29, 0.717) is 30.3 Å². The number of carbonyl (C=O) groups is 4. The number of urea groups is 1. The molecule has 10 nitrogen and oxygen atoms in total. The molecule has 1 aliphatic carbocycles. The van der Waals surface area contributed by atoms with E-state index in [1.807, 2.05) is 0 Å². The molecule has 0 aliphatic heterocycles. The minimum absolute atomic E-state index is 0.168. The van der Waals surface area contributed by atoms with Crippen LogP contribution in [0.4, 0.5) is 10.5 Å². The van der Waals surface area contributed by atoms with Crippen LogP contribution in [-0.4, -0.2) is 46.9 Å². The van der Waals surface area contributed by atoms with E-state index < -0.39 is 22.8 Å². The molecule has 1 aromatic carbocycles. The summed E-state index contributed by atoms with van der Waals surface area (Å²) in [4.78, 5) is 51.7. The highest BCUT2D eigenvalue weighted by Gasteiger charge is 2.31. The minimum Gasteiger partial charge on any atom is -0.466 e. The van der Waals surface area contributed by atoms with Crippen molar-refractivity contribution in [2.45, 2.75) is 37.7 Å². The highest BCUT2D eigenvalue weighted by Crippen LogP contribution is 2.33. The number of carbonyl (C=O) groups excluding carboxylic acids is 4. The summed E-state index contributed by atoms with van der Waals surface area (Å²) in [5.74, 6) is -1.38. The van der Waals surface area contributed by atoms with E-state index in [1.54, 1.807) is 55.7 Å². The van der Waals surface area contributed by atoms with Gasteiger partial charge in [-0.15, -0.1) is 0 Å². The van der Waals surface area contributed by atoms with Crippen molar-refractivity contribution < 1.29 is 23.9 Å². The van der Waals surface area contributed by atoms with Crippen LogP contribution in [-0.2, 0) is 20.9 Å². The number of hydrogen-bond acceptors (Lipinski definition) is 6. The second kappa shape index (κ2) is 14.3. The summed E-state index contributed by atoms with van der Waals surface area (Å²) < 4.78 is 4.94. The number of nitrogens with one attached hydrogen (secondary N) is 4. The molecule has 1 atom stereocenters. The predicted octanol–water partition coefficient (Wildman–Crippen LogP) is 3.98. The van der Waals surface area contributed by atoms with Crippen LogP contribution in [0.25, 0.3) is 0 Å². The number of benzene rings is 1. The molecule has 1 aliphatic rings. The first-order chi connectivity index (χ1) is 18.7. The number of rotatable bonds is 11. The van der Waals surface area contributed by atoms with Gasteiger partial charge in [0.1, 0.15) is 5.00 Å². The average Bonchev–Trinajstić information content (AvgIpc) is 2.89. The zero-order valence-electron chi connectivity index (χ0n) is 21.3. The molecule has 12 heteroatoms. The second-order valence-electron chi connectivity index (χ2n) is 8.65. The number of alkyl halides is 1. The van der Waals surface area contributed by atoms with Crippen molar-refractivity contribution in [1.82, 2.24) is 20.9 Å². The first kappa shape index (κ1) is 29.7. The summed E-state index contributed by atoms with van der Waals surface area (Å²) in [5, 5.41) is 10.9. The van der Waals surface area contributed by atoms with Crippen LogP contribution in [0.2, 0.25) is 0 Å². The molecular weight excluding hydrogens is 545 g/mol. The van der Waals surface area contributed by atoms with Gasteiger partial charge in [0.25, 0.3) is 5.91 Å². The quantitative estimate of drug-likeness (QED) is 0.182. The Labute approximate surface area is 236 Å². The van der Waals surface area contributed by atoms with Gasteiger partial charge in [-0.25, -0.2) is 4.79 Å². The average molecular weight is 574 g/mol. The maximum Gasteiger partial charge on any atom is 0.319 e. The highest BCUT2D eigenvalue weighted by molar-refractivity contribution is 6.33. The van der Waals surface area contributed by atoms with Crippen LogP contribution in [0.1, 0.15) is 42.1 Å². The Hall–Kier alpha value is -3.89. The molecule has 0 saturated heterocycles. The fourth-order valence-corrected chi connectivity index (χ4v) is 4.55. The van der Waals surface area contributed by atoms with Crippen molar-refractivity contribution in [3.63, 3.8) is 0 Å². The van der Waals surface area contributed by atoms with Crippen LogP contribution >= 0.6 is 23.2 Å². The molecule has 0 saturated carbocycles. The fraction of sp³-hybridized carbons (Fsp3) is 0.296. The maximum atomic E-state index is 12.6. The maximum absolute atomic E-state index is 12.6. The Bertz CT molecular complexity index is 1270. The van der Waals surface area contributed by atoms with E-state index in [2.05, 4.69) is 26.3 Å². The molecule has 2 aromatic rings. The number of hydrogen-bond donors (Lipinski definition) is 4. The lowest BCUT2D eigenvalue weighted by Gasteiger charge is -2.29. The highest BCUT2D eigenvalue weighted by atomic mass is 35.5. The standard InChI is InChI=1S/C27H29Cl2N5O5/c1-2-39-24(36)7-6-19-12-21(28)15-27(29,14-19)34-23(35)17-31-25(37)20-4-3-5-22(13-20)33-26(38)32-16-18-8-10-30-11-9-18/h3-5,8-13,15H,2,6-7,14,16-17H2,1H3,(H,31,37)(H,34,35)(H2,32,33,38). The van der Waals surface area contributed by atoms with Gasteiger partial charge in [-0.2, -0.15) is 0 Å². The number of allylic oxidation sites excluding steroid dienone is 2. The third-order valence-electron chi connectivity index (χ3n) is 5.49. The molecule has 39 heavy (non-hydrogen) atoms. The van der Waals surface area contributed by atoms with Gasteiger partial charge in [0.2, 0.25) is 5.91 Å². The summed E-state index contributed by atoms with van der Waals surface area (Å²) >= 11 is 12.8. The molecule has 0 radical (unpaired) electrons. The van der Waals surface area contributed by atoms with Gasteiger partial charge in [0.15, 0.2) is 0 Å². The van der Waals surface area contributed by atoms with Crippen molar-refractivity contribution in [3.8, 4) is 0 Å². The van der Waals surface area contributed by atoms with Crippen molar-refractivity contribution in [1.29, 1.82) is 0 Å². The first-order valence-corrected chi connectivity index (χ1v) is 13.0. The van der Waals surface area contributed by atoms with E-state index in [9.17, 15) is 19.2 Å². The molecule has 0 bridgehead atoms. The van der Waals surface area contributed by atoms with Crippen LogP contribution in [0.3, 0.4) is 0 Å². The second-order valence-corrected chi connectivity index (χ2v) is 9.76. The Morgan fingerprint density at radius 2 is 1.87 bits per heavy atom. The van der Waals surface area contributed by atoms with Gasteiger partial charge in [0.05, 0.1) is 13.2 Å². The summed E-state index contributed by atoms with van der Waals surface area (Å²) in [6.07, 6.45) is 7.26. The number of ether oxygens (including phenoxy) is 1. The number of nitrogens with zero attached hydrogens (tertiary/aromatic N) is 1. The lowest BCUT2D eigenvalue weighted by Crippen LogP contribution is -2.47. The van der Waals surface area contributed by atoms with Gasteiger partial charge in [-0.3, -0.25) is 19.4 Å². The monoisotopic (exact) mass is 573 g/mol. The largest absolute Gasteiger partial charge is 0.466 e. The van der Waals surface area contributed by atoms with Crippen molar-refractivity contribution in [2.24, 2.45) is 0 Å². The van der Waals surface area contributed by atoms with Crippen LogP contribution in [0, 0.1) is 0 Å². The third-order valence-corrected chi connectivity index (χ3v) is 6.05. The number of esters is 1. The Kier molecular flexibility index (Phi) is 10.9. The van der Waals surface area contributed by atoms with Crippen molar-refractivity contribution in [3.05, 3.63) is 82.7 Å². The van der Waals surface area contributed by atoms with Crippen molar-refractivity contribution in [2.75, 3.05) is 18.5 Å². The first-order valence-electron chi connectivity index (χ1n) is 12.2. The molecule has 4 N–H and O–H groups in total. The van der Waals surface area contributed by atoms with E-state index in [4.69, 9.17) is 27.9 Å². The molecule has 1 unspecified atom stereocenters. The van der Waals surface area contributed by atoms with Gasteiger partial charge in [0, 0.05) is 48.1 Å². The van der Waals surface area contributed by atoms with E-state index >= 15 is 0 Å². The van der Waals surface area contributed by atoms with E-state index in [0.717, 1.165) is 11.1 Å². The number of halogens is 2. The fourth-order valence-electron chi connectivity index (χ4n) is 3.76. The van der Waals surface area contributed by atoms with Gasteiger partial charge in [-0.1, -0.05) is 34.8 Å².